The van der Waals surface area contributed by atoms with E-state index in [-0.39, 0.29) is 12.1 Å². The van der Waals surface area contributed by atoms with Crippen LogP contribution in [0.4, 0.5) is 5.82 Å². The molecule has 16 heavy (non-hydrogen) atoms. The molecule has 0 radical (unpaired) electrons. The maximum Gasteiger partial charge on any atom is 0.147 e. The number of nitrogens with zero attached hydrogens (tertiary/aromatic N) is 3. The molecular weight excluding hydrogens is 202 g/mol. The van der Waals surface area contributed by atoms with Crippen molar-refractivity contribution < 1.29 is 0 Å². The number of anilines is 1. The van der Waals surface area contributed by atoms with Crippen LogP contribution in [0.1, 0.15) is 31.6 Å². The molecule has 88 valence electrons. The smallest absolute Gasteiger partial charge is 0.147 e. The summed E-state index contributed by atoms with van der Waals surface area (Å²) in [5.41, 5.74) is 11.7. The highest BCUT2D eigenvalue weighted by Crippen LogP contribution is 2.19. The van der Waals surface area contributed by atoms with E-state index >= 15 is 0 Å². The Hall–Kier alpha value is -1.20. The third-order valence-corrected chi connectivity index (χ3v) is 2.82. The number of hydrogen-bond acceptors (Lipinski definition) is 5. The van der Waals surface area contributed by atoms with Crippen LogP contribution in [0.25, 0.3) is 0 Å². The van der Waals surface area contributed by atoms with Gasteiger partial charge < -0.3 is 16.4 Å². The molecule has 2 rings (SSSR count). The molecule has 1 atom stereocenters. The summed E-state index contributed by atoms with van der Waals surface area (Å²) in [5.74, 6) is 1.68. The summed E-state index contributed by atoms with van der Waals surface area (Å²) in [6.07, 6.45) is 3.74. The van der Waals surface area contributed by atoms with Crippen molar-refractivity contribution in [3.63, 3.8) is 0 Å². The molecule has 4 N–H and O–H groups in total. The average molecular weight is 221 g/mol. The lowest BCUT2D eigenvalue weighted by Gasteiger charge is -2.37. The first-order valence-electron chi connectivity index (χ1n) is 5.79. The van der Waals surface area contributed by atoms with Crippen LogP contribution >= 0.6 is 0 Å². The van der Waals surface area contributed by atoms with E-state index in [2.05, 4.69) is 21.8 Å². The molecular formula is C11H19N5. The van der Waals surface area contributed by atoms with Crippen molar-refractivity contribution in [1.82, 2.24) is 9.97 Å². The van der Waals surface area contributed by atoms with Crippen molar-refractivity contribution in [3.8, 4) is 0 Å². The van der Waals surface area contributed by atoms with E-state index in [1.165, 1.54) is 0 Å². The van der Waals surface area contributed by atoms with Gasteiger partial charge in [-0.05, 0) is 12.5 Å². The zero-order valence-corrected chi connectivity index (χ0v) is 9.63. The maximum atomic E-state index is 5.99. The van der Waals surface area contributed by atoms with Crippen LogP contribution in [0.15, 0.2) is 12.3 Å². The predicted molar refractivity (Wildman–Crippen MR) is 64.1 cm³/mol. The molecule has 1 saturated heterocycles. The average Bonchev–Trinajstić information content (AvgIpc) is 2.25. The van der Waals surface area contributed by atoms with Gasteiger partial charge in [0.1, 0.15) is 11.6 Å². The first-order valence-corrected chi connectivity index (χ1v) is 5.79. The van der Waals surface area contributed by atoms with Crippen LogP contribution in [0, 0.1) is 0 Å². The number of aromatic nitrogens is 2. The Balaban J connectivity index is 2.07. The molecule has 0 spiro atoms. The van der Waals surface area contributed by atoms with Crippen LogP contribution < -0.4 is 16.4 Å². The normalized spacial score (nSPS) is 18.3. The highest BCUT2D eigenvalue weighted by molar-refractivity contribution is 5.41. The van der Waals surface area contributed by atoms with E-state index in [1.54, 1.807) is 6.20 Å². The zero-order chi connectivity index (χ0) is 11.5. The molecule has 1 unspecified atom stereocenters. The van der Waals surface area contributed by atoms with Crippen LogP contribution in [0.2, 0.25) is 0 Å². The third-order valence-electron chi connectivity index (χ3n) is 2.82. The van der Waals surface area contributed by atoms with Gasteiger partial charge in [-0.1, -0.05) is 13.3 Å². The quantitative estimate of drug-likeness (QED) is 0.770. The number of nitrogens with two attached hydrogens (primary N) is 2. The first kappa shape index (κ1) is 11.3. The van der Waals surface area contributed by atoms with E-state index in [0.29, 0.717) is 0 Å². The minimum atomic E-state index is -0.0556. The maximum absolute atomic E-state index is 5.99. The second-order valence-electron chi connectivity index (χ2n) is 4.33. The van der Waals surface area contributed by atoms with Gasteiger partial charge in [0.15, 0.2) is 0 Å². The second kappa shape index (κ2) is 4.76. The van der Waals surface area contributed by atoms with E-state index in [4.69, 9.17) is 11.5 Å². The molecule has 0 aliphatic carbocycles. The van der Waals surface area contributed by atoms with Gasteiger partial charge in [0.05, 0.1) is 6.04 Å². The van der Waals surface area contributed by atoms with Crippen LogP contribution in [0.5, 0.6) is 0 Å². The molecule has 0 amide bonds. The van der Waals surface area contributed by atoms with Gasteiger partial charge in [-0.2, -0.15) is 0 Å². The van der Waals surface area contributed by atoms with Crippen molar-refractivity contribution in [3.05, 3.63) is 18.1 Å². The summed E-state index contributed by atoms with van der Waals surface area (Å²) in [7, 11) is 0. The monoisotopic (exact) mass is 221 g/mol. The van der Waals surface area contributed by atoms with Gasteiger partial charge in [-0.25, -0.2) is 9.97 Å². The molecule has 5 nitrogen and oxygen atoms in total. The molecule has 1 aromatic heterocycles. The van der Waals surface area contributed by atoms with E-state index in [9.17, 15) is 0 Å². The lowest BCUT2D eigenvalue weighted by atomic mass is 10.1. The third kappa shape index (κ3) is 2.31. The Morgan fingerprint density at radius 3 is 2.94 bits per heavy atom. The van der Waals surface area contributed by atoms with Gasteiger partial charge in [-0.15, -0.1) is 0 Å². The molecule has 1 aliphatic heterocycles. The second-order valence-corrected chi connectivity index (χ2v) is 4.33. The van der Waals surface area contributed by atoms with Crippen LogP contribution in [0.3, 0.4) is 0 Å². The summed E-state index contributed by atoms with van der Waals surface area (Å²) < 4.78 is 0. The Kier molecular flexibility index (Phi) is 3.36. The molecule has 0 aromatic carbocycles. The van der Waals surface area contributed by atoms with Crippen LogP contribution in [-0.4, -0.2) is 29.1 Å². The minimum Gasteiger partial charge on any atom is -0.353 e. The van der Waals surface area contributed by atoms with Crippen molar-refractivity contribution in [2.75, 3.05) is 18.0 Å². The first-order chi connectivity index (χ1) is 7.70. The summed E-state index contributed by atoms with van der Waals surface area (Å²) in [5, 5.41) is 0. The minimum absolute atomic E-state index is 0.0556. The summed E-state index contributed by atoms with van der Waals surface area (Å²) in [6, 6.07) is 2.14. The van der Waals surface area contributed by atoms with Crippen molar-refractivity contribution >= 4 is 5.82 Å². The SMILES string of the molecule is CCCC(N)c1nccc(N2CC(N)C2)n1. The Morgan fingerprint density at radius 1 is 1.56 bits per heavy atom. The van der Waals surface area contributed by atoms with E-state index < -0.39 is 0 Å². The highest BCUT2D eigenvalue weighted by Gasteiger charge is 2.24. The molecule has 0 saturated carbocycles. The lowest BCUT2D eigenvalue weighted by Crippen LogP contribution is -2.56. The highest BCUT2D eigenvalue weighted by atomic mass is 15.3. The fourth-order valence-corrected chi connectivity index (χ4v) is 1.86. The number of rotatable bonds is 4. The molecule has 1 aliphatic rings. The predicted octanol–water partition coefficient (Wildman–Crippen LogP) is 0.424. The van der Waals surface area contributed by atoms with Gasteiger partial charge in [-0.3, -0.25) is 0 Å². The number of hydrogen-bond donors (Lipinski definition) is 2. The topological polar surface area (TPSA) is 81.1 Å². The van der Waals surface area contributed by atoms with Crippen LogP contribution in [-0.2, 0) is 0 Å². The zero-order valence-electron chi connectivity index (χ0n) is 9.63. The van der Waals surface area contributed by atoms with Gasteiger partial charge in [0.2, 0.25) is 0 Å². The van der Waals surface area contributed by atoms with E-state index in [0.717, 1.165) is 37.6 Å². The molecule has 1 fully saturated rings. The fraction of sp³-hybridized carbons (Fsp3) is 0.636. The Labute approximate surface area is 95.9 Å². The van der Waals surface area contributed by atoms with Crippen molar-refractivity contribution in [2.45, 2.75) is 31.8 Å². The largest absolute Gasteiger partial charge is 0.353 e. The standard InChI is InChI=1S/C11H19N5/c1-2-3-9(13)11-14-5-4-10(15-11)16-6-8(12)7-16/h4-5,8-9H,2-3,6-7,12-13H2,1H3. The summed E-state index contributed by atoms with van der Waals surface area (Å²) in [4.78, 5) is 10.9. The van der Waals surface area contributed by atoms with Crippen molar-refractivity contribution in [2.24, 2.45) is 11.5 Å². The van der Waals surface area contributed by atoms with Gasteiger partial charge >= 0.3 is 0 Å². The van der Waals surface area contributed by atoms with Gasteiger partial charge in [0, 0.05) is 25.3 Å². The molecule has 0 bridgehead atoms. The summed E-state index contributed by atoms with van der Waals surface area (Å²) in [6.45, 7) is 3.86. The summed E-state index contributed by atoms with van der Waals surface area (Å²) >= 11 is 0. The lowest BCUT2D eigenvalue weighted by molar-refractivity contribution is 0.510. The molecule has 1 aromatic rings. The Bertz CT molecular complexity index is 328. The Morgan fingerprint density at radius 2 is 2.31 bits per heavy atom. The van der Waals surface area contributed by atoms with E-state index in [1.807, 2.05) is 6.07 Å². The molecule has 5 heteroatoms. The van der Waals surface area contributed by atoms with Gasteiger partial charge in [0.25, 0.3) is 0 Å². The fourth-order valence-electron chi connectivity index (χ4n) is 1.86. The van der Waals surface area contributed by atoms with Crippen molar-refractivity contribution in [1.29, 1.82) is 0 Å². The molecule has 2 heterocycles.